The number of rotatable bonds is 4. The molecule has 0 aliphatic heterocycles. The van der Waals surface area contributed by atoms with E-state index in [0.717, 1.165) is 31.8 Å². The van der Waals surface area contributed by atoms with Crippen LogP contribution in [0.15, 0.2) is 34.8 Å². The average Bonchev–Trinajstić information content (AvgIpc) is 2.79. The molecular weight excluding hydrogens is 334 g/mol. The molecule has 110 valence electrons. The lowest BCUT2D eigenvalue weighted by Gasteiger charge is -2.13. The van der Waals surface area contributed by atoms with Crippen LogP contribution in [0, 0.1) is 0 Å². The molecule has 4 nitrogen and oxygen atoms in total. The number of nitrogens with zero attached hydrogens (tertiary/aromatic N) is 1. The van der Waals surface area contributed by atoms with Gasteiger partial charge in [0, 0.05) is 30.4 Å². The van der Waals surface area contributed by atoms with Crippen LogP contribution in [0.2, 0.25) is 0 Å². The molecule has 1 N–H and O–H groups in total. The lowest BCUT2D eigenvalue weighted by atomic mass is 10.1. The van der Waals surface area contributed by atoms with Crippen molar-refractivity contribution in [1.82, 2.24) is 4.57 Å². The van der Waals surface area contributed by atoms with Gasteiger partial charge in [0.1, 0.15) is 0 Å². The summed E-state index contributed by atoms with van der Waals surface area (Å²) in [4.78, 5) is 0. The van der Waals surface area contributed by atoms with Crippen LogP contribution in [-0.2, 0) is 18.4 Å². The smallest absolute Gasteiger partial charge is 0.188 e. The third-order valence-corrected chi connectivity index (χ3v) is 4.52. The van der Waals surface area contributed by atoms with Gasteiger partial charge in [0.15, 0.2) is 12.5 Å². The number of hydrogen-bond acceptors (Lipinski definition) is 3. The summed E-state index contributed by atoms with van der Waals surface area (Å²) in [7, 11) is 3.60. The number of benzene rings is 2. The van der Waals surface area contributed by atoms with E-state index in [1.165, 1.54) is 0 Å². The summed E-state index contributed by atoms with van der Waals surface area (Å²) in [5, 5.41) is 11.8. The molecule has 1 aromatic heterocycles. The minimum absolute atomic E-state index is 0.0525. The van der Waals surface area contributed by atoms with Crippen LogP contribution in [0.4, 0.5) is 0 Å². The highest BCUT2D eigenvalue weighted by Crippen LogP contribution is 2.41. The van der Waals surface area contributed by atoms with Crippen molar-refractivity contribution in [3.8, 4) is 5.75 Å². The predicted octanol–water partition coefficient (Wildman–Crippen LogP) is 3.57. The summed E-state index contributed by atoms with van der Waals surface area (Å²) in [5.41, 5.74) is 2.90. The van der Waals surface area contributed by atoms with Crippen LogP contribution in [0.1, 0.15) is 5.56 Å². The molecule has 0 saturated heterocycles. The molecule has 5 heteroatoms. The molecule has 0 bridgehead atoms. The van der Waals surface area contributed by atoms with Gasteiger partial charge in [-0.2, -0.15) is 0 Å². The Kier molecular flexibility index (Phi) is 3.89. The van der Waals surface area contributed by atoms with Gasteiger partial charge in [-0.05, 0) is 33.6 Å². The SMILES string of the molecule is COCOc1c(Br)c(CO)cc2c3ccccc3n(C)c12. The van der Waals surface area contributed by atoms with Crippen molar-refractivity contribution >= 4 is 37.7 Å². The Bertz CT molecular complexity index is 810. The van der Waals surface area contributed by atoms with Gasteiger partial charge >= 0.3 is 0 Å². The number of hydrogen-bond donors (Lipinski definition) is 1. The largest absolute Gasteiger partial charge is 0.464 e. The molecule has 3 aromatic rings. The van der Waals surface area contributed by atoms with Crippen LogP contribution in [0.25, 0.3) is 21.8 Å². The topological polar surface area (TPSA) is 43.6 Å². The molecule has 0 radical (unpaired) electrons. The van der Waals surface area contributed by atoms with Gasteiger partial charge in [-0.1, -0.05) is 18.2 Å². The Hall–Kier alpha value is -1.56. The maximum Gasteiger partial charge on any atom is 0.188 e. The highest BCUT2D eigenvalue weighted by Gasteiger charge is 2.18. The standard InChI is InChI=1S/C16H16BrNO3/c1-18-13-6-4-3-5-11(13)12-7-10(8-19)14(17)16(15(12)18)21-9-20-2/h3-7,19H,8-9H2,1-2H3. The number of aryl methyl sites for hydroxylation is 1. The number of para-hydroxylation sites is 1. The number of aliphatic hydroxyl groups is 1. The minimum Gasteiger partial charge on any atom is -0.464 e. The van der Waals surface area contributed by atoms with Gasteiger partial charge < -0.3 is 19.1 Å². The summed E-state index contributed by atoms with van der Waals surface area (Å²) in [6, 6.07) is 10.2. The Labute approximate surface area is 131 Å². The van der Waals surface area contributed by atoms with Crippen LogP contribution in [0.3, 0.4) is 0 Å². The van der Waals surface area contributed by atoms with E-state index in [4.69, 9.17) is 9.47 Å². The molecule has 0 amide bonds. The van der Waals surface area contributed by atoms with E-state index >= 15 is 0 Å². The zero-order valence-electron chi connectivity index (χ0n) is 11.9. The number of ether oxygens (including phenoxy) is 2. The number of aromatic nitrogens is 1. The minimum atomic E-state index is -0.0525. The fraction of sp³-hybridized carbons (Fsp3) is 0.250. The Balaban J connectivity index is 2.43. The summed E-state index contributed by atoms with van der Waals surface area (Å²) < 4.78 is 13.6. The monoisotopic (exact) mass is 349 g/mol. The Morgan fingerprint density at radius 2 is 2.00 bits per heavy atom. The van der Waals surface area contributed by atoms with E-state index in [2.05, 4.69) is 32.6 Å². The normalized spacial score (nSPS) is 11.4. The zero-order valence-corrected chi connectivity index (χ0v) is 13.5. The van der Waals surface area contributed by atoms with Gasteiger partial charge in [-0.15, -0.1) is 0 Å². The molecule has 0 saturated carbocycles. The highest BCUT2D eigenvalue weighted by molar-refractivity contribution is 9.10. The second kappa shape index (κ2) is 5.67. The van der Waals surface area contributed by atoms with Crippen LogP contribution >= 0.6 is 15.9 Å². The van der Waals surface area contributed by atoms with Crippen molar-refractivity contribution in [3.05, 3.63) is 40.4 Å². The molecule has 21 heavy (non-hydrogen) atoms. The highest BCUT2D eigenvalue weighted by atomic mass is 79.9. The fourth-order valence-electron chi connectivity index (χ4n) is 2.70. The first kappa shape index (κ1) is 14.4. The van der Waals surface area contributed by atoms with Crippen molar-refractivity contribution in [2.24, 2.45) is 7.05 Å². The van der Waals surface area contributed by atoms with E-state index < -0.39 is 0 Å². The van der Waals surface area contributed by atoms with Gasteiger partial charge in [0.2, 0.25) is 0 Å². The van der Waals surface area contributed by atoms with Crippen molar-refractivity contribution in [1.29, 1.82) is 0 Å². The van der Waals surface area contributed by atoms with Gasteiger partial charge in [0.05, 0.1) is 16.6 Å². The Morgan fingerprint density at radius 3 is 2.71 bits per heavy atom. The predicted molar refractivity (Wildman–Crippen MR) is 86.6 cm³/mol. The first-order valence-corrected chi connectivity index (χ1v) is 7.39. The van der Waals surface area contributed by atoms with Gasteiger partial charge in [0.25, 0.3) is 0 Å². The van der Waals surface area contributed by atoms with Crippen molar-refractivity contribution in [3.63, 3.8) is 0 Å². The van der Waals surface area contributed by atoms with Crippen molar-refractivity contribution in [2.45, 2.75) is 6.61 Å². The molecule has 1 heterocycles. The quantitative estimate of drug-likeness (QED) is 0.732. The number of fused-ring (bicyclic) bond motifs is 3. The summed E-state index contributed by atoms with van der Waals surface area (Å²) in [6.45, 7) is 0.104. The Morgan fingerprint density at radius 1 is 1.24 bits per heavy atom. The molecule has 0 aliphatic rings. The summed E-state index contributed by atoms with van der Waals surface area (Å²) in [6.07, 6.45) is 0. The third kappa shape index (κ3) is 2.21. The molecule has 0 unspecified atom stereocenters. The van der Waals surface area contributed by atoms with Gasteiger partial charge in [-0.3, -0.25) is 0 Å². The molecular formula is C16H16BrNO3. The molecule has 0 fully saturated rings. The zero-order chi connectivity index (χ0) is 15.0. The molecule has 0 aliphatic carbocycles. The van der Waals surface area contributed by atoms with E-state index in [1.54, 1.807) is 7.11 Å². The number of aliphatic hydroxyl groups excluding tert-OH is 1. The van der Waals surface area contributed by atoms with Gasteiger partial charge in [-0.25, -0.2) is 0 Å². The van der Waals surface area contributed by atoms with Crippen molar-refractivity contribution < 1.29 is 14.6 Å². The molecule has 0 atom stereocenters. The van der Waals surface area contributed by atoms with Crippen LogP contribution in [0.5, 0.6) is 5.75 Å². The average molecular weight is 350 g/mol. The second-order valence-electron chi connectivity index (χ2n) is 4.86. The van der Waals surface area contributed by atoms with Crippen LogP contribution < -0.4 is 4.74 Å². The van der Waals surface area contributed by atoms with Crippen molar-refractivity contribution in [2.75, 3.05) is 13.9 Å². The number of halogens is 1. The number of methoxy groups -OCH3 is 1. The van der Waals surface area contributed by atoms with E-state index in [1.807, 2.05) is 25.2 Å². The maximum absolute atomic E-state index is 9.58. The first-order chi connectivity index (χ1) is 10.2. The van der Waals surface area contributed by atoms with Crippen LogP contribution in [-0.4, -0.2) is 23.6 Å². The van der Waals surface area contributed by atoms with E-state index in [0.29, 0.717) is 5.75 Å². The van der Waals surface area contributed by atoms with E-state index in [9.17, 15) is 5.11 Å². The lowest BCUT2D eigenvalue weighted by Crippen LogP contribution is -2.03. The summed E-state index contributed by atoms with van der Waals surface area (Å²) in [5.74, 6) is 0.692. The first-order valence-electron chi connectivity index (χ1n) is 6.60. The molecule has 2 aromatic carbocycles. The van der Waals surface area contributed by atoms with E-state index in [-0.39, 0.29) is 13.4 Å². The molecule has 3 rings (SSSR count). The third-order valence-electron chi connectivity index (χ3n) is 3.65. The second-order valence-corrected chi connectivity index (χ2v) is 5.65. The maximum atomic E-state index is 9.58. The lowest BCUT2D eigenvalue weighted by molar-refractivity contribution is 0.0513. The molecule has 0 spiro atoms. The summed E-state index contributed by atoms with van der Waals surface area (Å²) >= 11 is 3.53. The fourth-order valence-corrected chi connectivity index (χ4v) is 3.24.